The summed E-state index contributed by atoms with van der Waals surface area (Å²) in [6.07, 6.45) is 0. The molecular weight excluding hydrogens is 279 g/mol. The standard InChI is InChI=1S/C14H15FN2O2S/c1-10(11-3-2-4-12(15)9-11)17-20(18,19)14-7-5-13(16)6-8-14/h2-10,17H,16H2,1H3. The van der Waals surface area contributed by atoms with Crippen molar-refractivity contribution in [3.63, 3.8) is 0 Å². The van der Waals surface area contributed by atoms with Gasteiger partial charge in [0.15, 0.2) is 0 Å². The molecule has 0 amide bonds. The fourth-order valence-corrected chi connectivity index (χ4v) is 3.02. The van der Waals surface area contributed by atoms with E-state index in [4.69, 9.17) is 5.73 Å². The quantitative estimate of drug-likeness (QED) is 0.851. The lowest BCUT2D eigenvalue weighted by Gasteiger charge is -2.14. The van der Waals surface area contributed by atoms with Crippen LogP contribution in [0.5, 0.6) is 0 Å². The minimum absolute atomic E-state index is 0.120. The lowest BCUT2D eigenvalue weighted by atomic mass is 10.1. The molecule has 4 nitrogen and oxygen atoms in total. The highest BCUT2D eigenvalue weighted by molar-refractivity contribution is 7.89. The molecule has 2 aromatic rings. The molecule has 0 spiro atoms. The number of hydrogen-bond donors (Lipinski definition) is 2. The van der Waals surface area contributed by atoms with Gasteiger partial charge in [0.25, 0.3) is 0 Å². The maximum absolute atomic E-state index is 13.1. The first-order valence-corrected chi connectivity index (χ1v) is 7.50. The Bertz CT molecular complexity index is 699. The Morgan fingerprint density at radius 3 is 2.40 bits per heavy atom. The Morgan fingerprint density at radius 2 is 1.80 bits per heavy atom. The molecule has 0 aliphatic rings. The van der Waals surface area contributed by atoms with Gasteiger partial charge in [0, 0.05) is 11.7 Å². The summed E-state index contributed by atoms with van der Waals surface area (Å²) in [6, 6.07) is 11.2. The van der Waals surface area contributed by atoms with Crippen molar-refractivity contribution in [2.24, 2.45) is 0 Å². The minimum atomic E-state index is -3.67. The molecule has 0 aliphatic carbocycles. The summed E-state index contributed by atoms with van der Waals surface area (Å²) in [5.74, 6) is -0.402. The molecule has 1 atom stereocenters. The molecule has 0 aliphatic heterocycles. The highest BCUT2D eigenvalue weighted by atomic mass is 32.2. The first kappa shape index (κ1) is 14.5. The second-order valence-electron chi connectivity index (χ2n) is 4.47. The van der Waals surface area contributed by atoms with Crippen LogP contribution in [-0.4, -0.2) is 8.42 Å². The molecular formula is C14H15FN2O2S. The average Bonchev–Trinajstić information content (AvgIpc) is 2.38. The predicted molar refractivity (Wildman–Crippen MR) is 76.0 cm³/mol. The topological polar surface area (TPSA) is 72.2 Å². The van der Waals surface area contributed by atoms with Crippen LogP contribution in [0.2, 0.25) is 0 Å². The summed E-state index contributed by atoms with van der Waals surface area (Å²) in [4.78, 5) is 0.120. The minimum Gasteiger partial charge on any atom is -0.399 e. The highest BCUT2D eigenvalue weighted by Gasteiger charge is 2.18. The molecule has 0 saturated heterocycles. The first-order valence-electron chi connectivity index (χ1n) is 6.02. The van der Waals surface area contributed by atoms with Crippen LogP contribution in [0.3, 0.4) is 0 Å². The van der Waals surface area contributed by atoms with Gasteiger partial charge < -0.3 is 5.73 Å². The van der Waals surface area contributed by atoms with E-state index in [1.165, 1.54) is 36.4 Å². The van der Waals surface area contributed by atoms with Crippen LogP contribution in [0.25, 0.3) is 0 Å². The van der Waals surface area contributed by atoms with E-state index in [0.29, 0.717) is 11.3 Å². The van der Waals surface area contributed by atoms with Gasteiger partial charge in [-0.2, -0.15) is 0 Å². The first-order chi connectivity index (χ1) is 9.38. The molecule has 0 bridgehead atoms. The SMILES string of the molecule is CC(NS(=O)(=O)c1ccc(N)cc1)c1cccc(F)c1. The van der Waals surface area contributed by atoms with Gasteiger partial charge in [-0.1, -0.05) is 12.1 Å². The molecule has 0 radical (unpaired) electrons. The van der Waals surface area contributed by atoms with Crippen LogP contribution in [-0.2, 0) is 10.0 Å². The Hall–Kier alpha value is -1.92. The zero-order valence-electron chi connectivity index (χ0n) is 10.9. The zero-order valence-corrected chi connectivity index (χ0v) is 11.7. The van der Waals surface area contributed by atoms with E-state index < -0.39 is 21.9 Å². The van der Waals surface area contributed by atoms with Crippen molar-refractivity contribution in [3.05, 3.63) is 59.9 Å². The van der Waals surface area contributed by atoms with E-state index in [0.717, 1.165) is 0 Å². The van der Waals surface area contributed by atoms with E-state index >= 15 is 0 Å². The van der Waals surface area contributed by atoms with Crippen LogP contribution < -0.4 is 10.5 Å². The molecule has 6 heteroatoms. The van der Waals surface area contributed by atoms with Gasteiger partial charge in [-0.05, 0) is 48.9 Å². The number of rotatable bonds is 4. The van der Waals surface area contributed by atoms with E-state index in [1.54, 1.807) is 19.1 Å². The molecule has 0 aromatic heterocycles. The molecule has 106 valence electrons. The zero-order chi connectivity index (χ0) is 14.8. The van der Waals surface area contributed by atoms with Gasteiger partial charge in [0.2, 0.25) is 10.0 Å². The summed E-state index contributed by atoms with van der Waals surface area (Å²) in [5.41, 5.74) is 6.57. The van der Waals surface area contributed by atoms with Gasteiger partial charge in [-0.15, -0.1) is 0 Å². The largest absolute Gasteiger partial charge is 0.399 e. The van der Waals surface area contributed by atoms with Crippen LogP contribution in [0.15, 0.2) is 53.4 Å². The monoisotopic (exact) mass is 294 g/mol. The van der Waals surface area contributed by atoms with E-state index in [1.807, 2.05) is 0 Å². The van der Waals surface area contributed by atoms with Crippen molar-refractivity contribution in [3.8, 4) is 0 Å². The lowest BCUT2D eigenvalue weighted by molar-refractivity contribution is 0.564. The summed E-state index contributed by atoms with van der Waals surface area (Å²) in [7, 11) is -3.67. The van der Waals surface area contributed by atoms with Crippen molar-refractivity contribution in [1.29, 1.82) is 0 Å². The van der Waals surface area contributed by atoms with Crippen molar-refractivity contribution in [1.82, 2.24) is 4.72 Å². The van der Waals surface area contributed by atoms with Crippen molar-refractivity contribution < 1.29 is 12.8 Å². The Balaban J connectivity index is 2.22. The van der Waals surface area contributed by atoms with E-state index in [9.17, 15) is 12.8 Å². The number of nitrogens with one attached hydrogen (secondary N) is 1. The molecule has 0 fully saturated rings. The molecule has 3 N–H and O–H groups in total. The van der Waals surface area contributed by atoms with Crippen molar-refractivity contribution in [2.75, 3.05) is 5.73 Å². The van der Waals surface area contributed by atoms with Gasteiger partial charge >= 0.3 is 0 Å². The molecule has 2 rings (SSSR count). The molecule has 0 saturated carbocycles. The average molecular weight is 294 g/mol. The number of benzene rings is 2. The summed E-state index contributed by atoms with van der Waals surface area (Å²) in [5, 5.41) is 0. The van der Waals surface area contributed by atoms with Crippen molar-refractivity contribution in [2.45, 2.75) is 17.9 Å². The van der Waals surface area contributed by atoms with Gasteiger partial charge in [0.05, 0.1) is 4.90 Å². The Labute approximate surface area is 117 Å². The predicted octanol–water partition coefficient (Wildman–Crippen LogP) is 2.45. The van der Waals surface area contributed by atoms with Crippen molar-refractivity contribution >= 4 is 15.7 Å². The third-order valence-electron chi connectivity index (χ3n) is 2.87. The molecule has 1 unspecified atom stereocenters. The second kappa shape index (κ2) is 5.60. The third kappa shape index (κ3) is 3.34. The summed E-state index contributed by atoms with van der Waals surface area (Å²) < 4.78 is 40.0. The van der Waals surface area contributed by atoms with Crippen LogP contribution >= 0.6 is 0 Å². The summed E-state index contributed by atoms with van der Waals surface area (Å²) in [6.45, 7) is 1.66. The maximum atomic E-state index is 13.1. The number of hydrogen-bond acceptors (Lipinski definition) is 3. The normalized spacial score (nSPS) is 13.1. The molecule has 0 heterocycles. The van der Waals surface area contributed by atoms with Gasteiger partial charge in [-0.3, -0.25) is 0 Å². The number of sulfonamides is 1. The maximum Gasteiger partial charge on any atom is 0.241 e. The number of anilines is 1. The second-order valence-corrected chi connectivity index (χ2v) is 6.18. The van der Waals surface area contributed by atoms with Gasteiger partial charge in [0.1, 0.15) is 5.82 Å². The van der Waals surface area contributed by atoms with E-state index in [-0.39, 0.29) is 4.90 Å². The Morgan fingerprint density at radius 1 is 1.15 bits per heavy atom. The fourth-order valence-electron chi connectivity index (χ4n) is 1.79. The number of nitrogens with two attached hydrogens (primary N) is 1. The van der Waals surface area contributed by atoms with E-state index in [2.05, 4.69) is 4.72 Å². The molecule has 20 heavy (non-hydrogen) atoms. The Kier molecular flexibility index (Phi) is 4.06. The fraction of sp³-hybridized carbons (Fsp3) is 0.143. The lowest BCUT2D eigenvalue weighted by Crippen LogP contribution is -2.26. The van der Waals surface area contributed by atoms with Crippen LogP contribution in [0, 0.1) is 5.82 Å². The van der Waals surface area contributed by atoms with Gasteiger partial charge in [-0.25, -0.2) is 17.5 Å². The van der Waals surface area contributed by atoms with Crippen LogP contribution in [0.4, 0.5) is 10.1 Å². The van der Waals surface area contributed by atoms with Crippen LogP contribution in [0.1, 0.15) is 18.5 Å². The number of nitrogen functional groups attached to an aromatic ring is 1. The highest BCUT2D eigenvalue weighted by Crippen LogP contribution is 2.18. The summed E-state index contributed by atoms with van der Waals surface area (Å²) >= 11 is 0. The number of halogens is 1. The molecule has 2 aromatic carbocycles. The third-order valence-corrected chi connectivity index (χ3v) is 4.43. The smallest absolute Gasteiger partial charge is 0.241 e.